The van der Waals surface area contributed by atoms with Gasteiger partial charge in [-0.3, -0.25) is 9.55 Å². The van der Waals surface area contributed by atoms with Gasteiger partial charge < -0.3 is 9.30 Å². The second kappa shape index (κ2) is 18.9. The van der Waals surface area contributed by atoms with Crippen LogP contribution in [0, 0.1) is 13.3 Å². The van der Waals surface area contributed by atoms with Crippen molar-refractivity contribution in [2.24, 2.45) is 0 Å². The zero-order valence-electron chi connectivity index (χ0n) is 47.6. The Bertz CT molecular complexity index is 3650. The Labute approximate surface area is 451 Å². The van der Waals surface area contributed by atoms with Gasteiger partial charge in [-0.2, -0.15) is 0 Å². The molecule has 0 saturated carbocycles. The molecule has 0 unspecified atom stereocenters. The van der Waals surface area contributed by atoms with E-state index in [4.69, 9.17) is 19.8 Å². The lowest BCUT2D eigenvalue weighted by Crippen LogP contribution is -2.33. The van der Waals surface area contributed by atoms with E-state index in [1.54, 1.807) is 0 Å². The van der Waals surface area contributed by atoms with E-state index in [2.05, 4.69) is 266 Å². The quantitative estimate of drug-likeness (QED) is 0.112. The first kappa shape index (κ1) is 51.8. The van der Waals surface area contributed by atoms with Crippen LogP contribution >= 0.6 is 0 Å². The molecule has 10 rings (SSSR count). The van der Waals surface area contributed by atoms with Crippen molar-refractivity contribution in [1.29, 1.82) is 0 Å². The molecule has 0 saturated heterocycles. The molecule has 4 aromatic heterocycles. The van der Waals surface area contributed by atoms with Crippen molar-refractivity contribution < 1.29 is 9.30 Å². The van der Waals surface area contributed by atoms with Gasteiger partial charge in [-0.1, -0.05) is 207 Å². The smallest absolute Gasteiger partial charge is 0.232 e. The molecule has 76 heavy (non-hydrogen) atoms. The van der Waals surface area contributed by atoms with E-state index in [1.807, 2.05) is 23.0 Å². The molecule has 386 valence electrons. The third-order valence-corrected chi connectivity index (χ3v) is 14.7. The molecule has 0 amide bonds. The maximum atomic E-state index is 7.05. The van der Waals surface area contributed by atoms with Gasteiger partial charge in [-0.25, -0.2) is 4.98 Å². The summed E-state index contributed by atoms with van der Waals surface area (Å²) in [7, 11) is 0. The number of benzene rings is 6. The molecule has 0 aliphatic carbocycles. The highest BCUT2D eigenvalue weighted by Gasteiger charge is 2.28. The lowest BCUT2D eigenvalue weighted by atomic mass is 9.79. The summed E-state index contributed by atoms with van der Waals surface area (Å²) in [6.45, 7) is 36.1. The average Bonchev–Trinajstić information content (AvgIpc) is 3.95. The predicted molar refractivity (Wildman–Crippen MR) is 315 cm³/mol. The van der Waals surface area contributed by atoms with Gasteiger partial charge in [0.2, 0.25) is 12.2 Å². The molecule has 0 aliphatic rings. The molecule has 0 N–H and O–H groups in total. The largest absolute Gasteiger partial charge is 0.458 e. The van der Waals surface area contributed by atoms with E-state index < -0.39 is 0 Å². The van der Waals surface area contributed by atoms with Crippen LogP contribution in [0.1, 0.15) is 137 Å². The maximum absolute atomic E-state index is 7.05. The molecule has 0 spiro atoms. The summed E-state index contributed by atoms with van der Waals surface area (Å²) in [5.74, 6) is 3.57. The van der Waals surface area contributed by atoms with Gasteiger partial charge in [0.1, 0.15) is 17.3 Å². The van der Waals surface area contributed by atoms with Crippen LogP contribution in [0.15, 0.2) is 158 Å². The van der Waals surface area contributed by atoms with Crippen molar-refractivity contribution in [2.75, 3.05) is 0 Å². The van der Waals surface area contributed by atoms with Crippen LogP contribution in [-0.2, 0) is 27.1 Å². The first-order valence-electron chi connectivity index (χ1n) is 26.8. The highest BCUT2D eigenvalue weighted by Crippen LogP contribution is 2.40. The fourth-order valence-corrected chi connectivity index (χ4v) is 9.89. The first-order valence-corrected chi connectivity index (χ1v) is 26.8. The molecule has 0 atom stereocenters. The van der Waals surface area contributed by atoms with Gasteiger partial charge in [0, 0.05) is 63.1 Å². The Kier molecular flexibility index (Phi) is 12.9. The van der Waals surface area contributed by atoms with E-state index in [1.165, 1.54) is 27.8 Å². The normalized spacial score (nSPS) is 12.7. The van der Waals surface area contributed by atoms with Gasteiger partial charge in [0.25, 0.3) is 0 Å². The maximum Gasteiger partial charge on any atom is 0.232 e. The summed E-state index contributed by atoms with van der Waals surface area (Å²) >= 11 is 0. The molecular weight excluding hydrogens is 929 g/mol. The first-order chi connectivity index (χ1) is 35.7. The number of hydrogen-bond donors (Lipinski definition) is 0. The fourth-order valence-electron chi connectivity index (χ4n) is 9.89. The number of fused-ring (bicyclic) bond motifs is 3. The van der Waals surface area contributed by atoms with Gasteiger partial charge in [0.05, 0.1) is 11.0 Å². The van der Waals surface area contributed by atoms with E-state index in [0.29, 0.717) is 17.3 Å². The number of ether oxygens (including phenoxy) is 1. The van der Waals surface area contributed by atoms with Crippen molar-refractivity contribution in [2.45, 2.75) is 138 Å². The number of pyridine rings is 2. The molecule has 0 aliphatic heterocycles. The highest BCUT2D eigenvalue weighted by molar-refractivity contribution is 6.10. The lowest BCUT2D eigenvalue weighted by Gasteiger charge is -2.27. The van der Waals surface area contributed by atoms with E-state index in [-0.39, 0.29) is 27.1 Å². The van der Waals surface area contributed by atoms with Crippen LogP contribution in [0.25, 0.3) is 72.8 Å². The zero-order valence-corrected chi connectivity index (χ0v) is 47.6. The molecule has 0 fully saturated rings. The van der Waals surface area contributed by atoms with Gasteiger partial charge in [-0.05, 0) is 109 Å². The Morgan fingerprint density at radius 2 is 1.04 bits per heavy atom. The minimum Gasteiger partial charge on any atom is -0.458 e. The summed E-state index contributed by atoms with van der Waals surface area (Å²) in [5.41, 5.74) is 14.9. The Morgan fingerprint density at radius 3 is 1.61 bits per heavy atom. The SMILES string of the molecule is Cc1cc(-n2c3ccc(-c4ccccc4)cc3c3ccc(Oc4cc(-n5[c-][n+](-c6cc(C(C)(C)C)cc(C(C)(C)C)c6)c(-c6cc(C(C)(C)C)cc(C(C)(C)C)c6)n5)nc(C(C)(C)C)c4)cc32)ncc1-c1ccccc1. The van der Waals surface area contributed by atoms with Crippen molar-refractivity contribution in [3.63, 3.8) is 0 Å². The van der Waals surface area contributed by atoms with Crippen molar-refractivity contribution in [1.82, 2.24) is 24.3 Å². The molecule has 10 aromatic rings. The van der Waals surface area contributed by atoms with Crippen LogP contribution in [0.3, 0.4) is 0 Å². The molecule has 6 aromatic carbocycles. The Balaban J connectivity index is 1.15. The minimum atomic E-state index is -0.326. The minimum absolute atomic E-state index is 0.0988. The Hall–Kier alpha value is -7.64. The average molecular weight is 1000 g/mol. The summed E-state index contributed by atoms with van der Waals surface area (Å²) < 4.78 is 13.3. The lowest BCUT2D eigenvalue weighted by molar-refractivity contribution is -0.589. The molecule has 4 heterocycles. The van der Waals surface area contributed by atoms with E-state index in [0.717, 1.165) is 72.6 Å². The van der Waals surface area contributed by atoms with Crippen LogP contribution < -0.4 is 9.30 Å². The van der Waals surface area contributed by atoms with Crippen LogP contribution in [-0.4, -0.2) is 24.3 Å². The van der Waals surface area contributed by atoms with E-state index in [9.17, 15) is 0 Å². The third kappa shape index (κ3) is 10.4. The summed E-state index contributed by atoms with van der Waals surface area (Å²) in [4.78, 5) is 10.5. The van der Waals surface area contributed by atoms with Crippen LogP contribution in [0.5, 0.6) is 11.5 Å². The zero-order chi connectivity index (χ0) is 54.3. The number of hydrogen-bond acceptors (Lipinski definition) is 4. The number of rotatable bonds is 8. The van der Waals surface area contributed by atoms with Crippen molar-refractivity contribution in [3.8, 4) is 62.5 Å². The van der Waals surface area contributed by atoms with E-state index >= 15 is 0 Å². The molecule has 7 nitrogen and oxygen atoms in total. The van der Waals surface area contributed by atoms with Gasteiger partial charge in [0.15, 0.2) is 5.82 Å². The standard InChI is InChI=1S/C69H74N6O/c1-44-31-62(70-42-58(44)46-25-21-18-22-26-46)75-59-30-27-47(45-23-19-17-20-24-45)34-57(59)56-29-28-54(39-60(56)75)76-55-40-61(69(14,15)16)71-63(41-55)74-43-73(53-37-51(67(8,9)10)36-52(38-53)68(11,12)13)64(72-74)48-32-49(65(2,3)4)35-50(33-48)66(5,6)7/h17-42H,1-16H3. The fraction of sp³-hybridized carbons (Fsp3) is 0.304. The molecular formula is C69H74N6O. The van der Waals surface area contributed by atoms with Crippen molar-refractivity contribution >= 4 is 21.8 Å². The van der Waals surface area contributed by atoms with Crippen LogP contribution in [0.4, 0.5) is 0 Å². The second-order valence-corrected chi connectivity index (χ2v) is 26.0. The van der Waals surface area contributed by atoms with Gasteiger partial charge >= 0.3 is 0 Å². The number of aryl methyl sites for hydroxylation is 1. The topological polar surface area (TPSA) is 61.6 Å². The monoisotopic (exact) mass is 1000 g/mol. The Morgan fingerprint density at radius 1 is 0.461 bits per heavy atom. The number of aromatic nitrogens is 6. The molecule has 7 heteroatoms. The third-order valence-electron chi connectivity index (χ3n) is 14.7. The summed E-state index contributed by atoms with van der Waals surface area (Å²) in [6, 6.07) is 54.4. The molecule has 0 radical (unpaired) electrons. The highest BCUT2D eigenvalue weighted by atomic mass is 16.5. The summed E-state index contributed by atoms with van der Waals surface area (Å²) in [5, 5.41) is 7.74. The second-order valence-electron chi connectivity index (χ2n) is 26.0. The predicted octanol–water partition coefficient (Wildman–Crippen LogP) is 17.4. The molecule has 0 bridgehead atoms. The van der Waals surface area contributed by atoms with Gasteiger partial charge in [-0.15, -0.1) is 4.68 Å². The summed E-state index contributed by atoms with van der Waals surface area (Å²) in [6.07, 6.45) is 5.75. The van der Waals surface area contributed by atoms with Crippen molar-refractivity contribution in [3.05, 3.63) is 198 Å². The number of nitrogens with zero attached hydrogens (tertiary/aromatic N) is 6. The van der Waals surface area contributed by atoms with Crippen LogP contribution in [0.2, 0.25) is 0 Å².